The lowest BCUT2D eigenvalue weighted by Gasteiger charge is -2.40. The molecule has 1 saturated heterocycles. The van der Waals surface area contributed by atoms with Crippen LogP contribution in [0.1, 0.15) is 18.2 Å². The molecule has 0 saturated carbocycles. The quantitative estimate of drug-likeness (QED) is 0.683. The third kappa shape index (κ3) is 4.37. The second-order valence-corrected chi connectivity index (χ2v) is 7.63. The third-order valence-corrected chi connectivity index (χ3v) is 5.33. The number of nitrogens with zero attached hydrogens (tertiary/aromatic N) is 5. The lowest BCUT2D eigenvalue weighted by molar-refractivity contribution is -0.0498. The highest BCUT2D eigenvalue weighted by molar-refractivity contribution is 5.90. The molecule has 0 bridgehead atoms. The number of amides is 2. The lowest BCUT2D eigenvalue weighted by atomic mass is 10.2. The molecule has 2 amide bonds. The summed E-state index contributed by atoms with van der Waals surface area (Å²) in [5, 5.41) is 7.40. The van der Waals surface area contributed by atoms with E-state index < -0.39 is 6.61 Å². The molecule has 1 N–H and O–H groups in total. The van der Waals surface area contributed by atoms with Crippen LogP contribution in [0.3, 0.4) is 0 Å². The van der Waals surface area contributed by atoms with E-state index in [4.69, 9.17) is 0 Å². The molecule has 1 aliphatic heterocycles. The van der Waals surface area contributed by atoms with E-state index in [1.807, 2.05) is 23.6 Å². The number of hydrogen-bond acceptors (Lipinski definition) is 5. The second kappa shape index (κ2) is 8.37. The van der Waals surface area contributed by atoms with Gasteiger partial charge in [-0.3, -0.25) is 0 Å². The van der Waals surface area contributed by atoms with Crippen LogP contribution < -0.4 is 15.0 Å². The second-order valence-electron chi connectivity index (χ2n) is 7.63. The number of ether oxygens (including phenoxy) is 1. The first kappa shape index (κ1) is 20.8. The van der Waals surface area contributed by atoms with Crippen LogP contribution in [-0.2, 0) is 0 Å². The molecule has 8 nitrogen and oxygen atoms in total. The molecule has 2 aromatic heterocycles. The molecule has 0 radical (unpaired) electrons. The molecule has 1 fully saturated rings. The van der Waals surface area contributed by atoms with Gasteiger partial charge in [0.15, 0.2) is 5.65 Å². The number of urea groups is 1. The Bertz CT molecular complexity index is 1100. The van der Waals surface area contributed by atoms with Crippen molar-refractivity contribution in [3.8, 4) is 5.75 Å². The SMILES string of the molecule is Cc1cc2nccc(N3CCN(C(=O)Nc4ccc(OC(F)F)cc4C)CC3C)n2n1. The highest BCUT2D eigenvalue weighted by Gasteiger charge is 2.28. The number of rotatable bonds is 4. The summed E-state index contributed by atoms with van der Waals surface area (Å²) < 4.78 is 31.0. The predicted octanol–water partition coefficient (Wildman–Crippen LogP) is 3.69. The highest BCUT2D eigenvalue weighted by Crippen LogP contribution is 2.25. The zero-order valence-corrected chi connectivity index (χ0v) is 17.5. The molecule has 0 aliphatic carbocycles. The summed E-state index contributed by atoms with van der Waals surface area (Å²) in [5.41, 5.74) is 2.89. The average molecular weight is 430 g/mol. The maximum Gasteiger partial charge on any atom is 0.387 e. The number of hydrogen-bond donors (Lipinski definition) is 1. The summed E-state index contributed by atoms with van der Waals surface area (Å²) in [6, 6.07) is 8.15. The largest absolute Gasteiger partial charge is 0.435 e. The van der Waals surface area contributed by atoms with Crippen molar-refractivity contribution in [2.45, 2.75) is 33.4 Å². The van der Waals surface area contributed by atoms with Gasteiger partial charge in [0.2, 0.25) is 0 Å². The summed E-state index contributed by atoms with van der Waals surface area (Å²) >= 11 is 0. The van der Waals surface area contributed by atoms with Crippen LogP contribution in [0.4, 0.5) is 25.1 Å². The van der Waals surface area contributed by atoms with Gasteiger partial charge in [-0.05, 0) is 50.6 Å². The Balaban J connectivity index is 1.43. The van der Waals surface area contributed by atoms with Gasteiger partial charge in [0, 0.05) is 43.6 Å². The van der Waals surface area contributed by atoms with E-state index in [0.29, 0.717) is 30.9 Å². The number of alkyl halides is 2. The number of anilines is 2. The monoisotopic (exact) mass is 430 g/mol. The van der Waals surface area contributed by atoms with Gasteiger partial charge in [-0.2, -0.15) is 18.4 Å². The first-order valence-corrected chi connectivity index (χ1v) is 10.0. The van der Waals surface area contributed by atoms with Crippen LogP contribution in [0.25, 0.3) is 5.65 Å². The maximum atomic E-state index is 12.8. The summed E-state index contributed by atoms with van der Waals surface area (Å²) in [7, 11) is 0. The number of aryl methyl sites for hydroxylation is 2. The molecule has 3 heterocycles. The Labute approximate surface area is 178 Å². The van der Waals surface area contributed by atoms with Gasteiger partial charge in [0.1, 0.15) is 11.6 Å². The number of benzene rings is 1. The zero-order valence-electron chi connectivity index (χ0n) is 17.5. The van der Waals surface area contributed by atoms with Gasteiger partial charge in [-0.15, -0.1) is 0 Å². The Hall–Kier alpha value is -3.43. The van der Waals surface area contributed by atoms with Crippen molar-refractivity contribution < 1.29 is 18.3 Å². The number of carbonyl (C=O) groups is 1. The van der Waals surface area contributed by atoms with Crippen molar-refractivity contribution in [3.63, 3.8) is 0 Å². The van der Waals surface area contributed by atoms with Crippen molar-refractivity contribution in [1.82, 2.24) is 19.5 Å². The van der Waals surface area contributed by atoms with Gasteiger partial charge in [0.25, 0.3) is 0 Å². The number of carbonyl (C=O) groups excluding carboxylic acids is 1. The standard InChI is InChI=1S/C21H24F2N6O2/c1-13-10-16(31-20(22)23)4-5-17(13)25-21(30)27-8-9-28(15(3)12-27)19-6-7-24-18-11-14(2)26-29(18)19/h4-7,10-11,15,20H,8-9,12H2,1-3H3,(H,25,30). The van der Waals surface area contributed by atoms with Crippen molar-refractivity contribution in [2.24, 2.45) is 0 Å². The third-order valence-electron chi connectivity index (χ3n) is 5.33. The van der Waals surface area contributed by atoms with E-state index in [9.17, 15) is 13.6 Å². The Morgan fingerprint density at radius 3 is 2.74 bits per heavy atom. The average Bonchev–Trinajstić information content (AvgIpc) is 3.10. The van der Waals surface area contributed by atoms with Crippen molar-refractivity contribution >= 4 is 23.2 Å². The number of piperazine rings is 1. The number of fused-ring (bicyclic) bond motifs is 1. The van der Waals surface area contributed by atoms with Crippen molar-refractivity contribution in [2.75, 3.05) is 29.9 Å². The molecule has 1 atom stereocenters. The van der Waals surface area contributed by atoms with Gasteiger partial charge in [0.05, 0.1) is 5.69 Å². The topological polar surface area (TPSA) is 75.0 Å². The highest BCUT2D eigenvalue weighted by atomic mass is 19.3. The molecule has 4 rings (SSSR count). The minimum absolute atomic E-state index is 0.0604. The predicted molar refractivity (Wildman–Crippen MR) is 113 cm³/mol. The molecule has 1 unspecified atom stereocenters. The fourth-order valence-electron chi connectivity index (χ4n) is 3.84. The minimum atomic E-state index is -2.88. The molecule has 1 aromatic carbocycles. The first-order chi connectivity index (χ1) is 14.8. The fraction of sp³-hybridized carbons (Fsp3) is 0.381. The Morgan fingerprint density at radius 2 is 2.03 bits per heavy atom. The molecular formula is C21H24F2N6O2. The van der Waals surface area contributed by atoms with Crippen molar-refractivity contribution in [1.29, 1.82) is 0 Å². The Morgan fingerprint density at radius 1 is 1.23 bits per heavy atom. The van der Waals surface area contributed by atoms with Gasteiger partial charge in [-0.25, -0.2) is 9.78 Å². The fourth-order valence-corrected chi connectivity index (χ4v) is 3.84. The van der Waals surface area contributed by atoms with E-state index in [1.54, 1.807) is 24.1 Å². The molecule has 10 heteroatoms. The first-order valence-electron chi connectivity index (χ1n) is 10.0. The van der Waals surface area contributed by atoms with E-state index in [1.165, 1.54) is 12.1 Å². The van der Waals surface area contributed by atoms with Gasteiger partial charge < -0.3 is 19.9 Å². The summed E-state index contributed by atoms with van der Waals surface area (Å²) in [6.07, 6.45) is 1.77. The van der Waals surface area contributed by atoms with Crippen molar-refractivity contribution in [3.05, 3.63) is 47.8 Å². The lowest BCUT2D eigenvalue weighted by Crippen LogP contribution is -2.55. The van der Waals surface area contributed by atoms with E-state index in [-0.39, 0.29) is 17.8 Å². The smallest absolute Gasteiger partial charge is 0.387 e. The normalized spacial score (nSPS) is 16.8. The van der Waals surface area contributed by atoms with Gasteiger partial charge in [-0.1, -0.05) is 0 Å². The molecule has 1 aliphatic rings. The summed E-state index contributed by atoms with van der Waals surface area (Å²) in [5.74, 6) is 1.00. The minimum Gasteiger partial charge on any atom is -0.435 e. The van der Waals surface area contributed by atoms with E-state index in [2.05, 4.69) is 32.0 Å². The van der Waals surface area contributed by atoms with E-state index in [0.717, 1.165) is 17.2 Å². The number of nitrogens with one attached hydrogen (secondary N) is 1. The van der Waals surface area contributed by atoms with Crippen LogP contribution >= 0.6 is 0 Å². The van der Waals surface area contributed by atoms with E-state index >= 15 is 0 Å². The molecule has 31 heavy (non-hydrogen) atoms. The molecule has 164 valence electrons. The number of halogens is 2. The maximum absolute atomic E-state index is 12.8. The molecule has 0 spiro atoms. The van der Waals surface area contributed by atoms with Crippen LogP contribution in [0, 0.1) is 13.8 Å². The van der Waals surface area contributed by atoms with Crippen LogP contribution in [0.2, 0.25) is 0 Å². The zero-order chi connectivity index (χ0) is 22.1. The summed E-state index contributed by atoms with van der Waals surface area (Å²) in [4.78, 5) is 21.1. The van der Waals surface area contributed by atoms with Crippen LogP contribution in [0.5, 0.6) is 5.75 Å². The summed E-state index contributed by atoms with van der Waals surface area (Å²) in [6.45, 7) is 4.54. The van der Waals surface area contributed by atoms with Gasteiger partial charge >= 0.3 is 12.6 Å². The number of aromatic nitrogens is 3. The molecule has 3 aromatic rings. The Kier molecular flexibility index (Phi) is 5.62. The van der Waals surface area contributed by atoms with Crippen LogP contribution in [0.15, 0.2) is 36.5 Å². The van der Waals surface area contributed by atoms with Crippen LogP contribution in [-0.4, -0.2) is 57.8 Å². The molecular weight excluding hydrogens is 406 g/mol.